The third kappa shape index (κ3) is 3.24. The number of carboxylic acids is 1. The fourth-order valence-corrected chi connectivity index (χ4v) is 2.06. The third-order valence-electron chi connectivity index (χ3n) is 2.75. The van der Waals surface area contributed by atoms with E-state index in [1.165, 1.54) is 0 Å². The smallest absolute Gasteiger partial charge is 0.328 e. The predicted molar refractivity (Wildman–Crippen MR) is 71.2 cm³/mol. The summed E-state index contributed by atoms with van der Waals surface area (Å²) < 4.78 is 5.30. The van der Waals surface area contributed by atoms with Crippen LogP contribution >= 0.6 is 11.6 Å². The summed E-state index contributed by atoms with van der Waals surface area (Å²) in [6.45, 7) is 2.92. The minimum Gasteiger partial charge on any atom is -0.478 e. The lowest BCUT2D eigenvalue weighted by Gasteiger charge is -2.30. The van der Waals surface area contributed by atoms with Gasteiger partial charge in [0, 0.05) is 29.9 Å². The minimum absolute atomic E-state index is 0.643. The standard InChI is InChI=1S/C13H14ClNO3/c14-11-3-1-10(2-4-13(16)17)12(9-11)15-5-7-18-8-6-15/h1-4,9H,5-8H2,(H,16,17)/b4-2+. The highest BCUT2D eigenvalue weighted by atomic mass is 35.5. The van der Waals surface area contributed by atoms with E-state index in [4.69, 9.17) is 21.4 Å². The van der Waals surface area contributed by atoms with Gasteiger partial charge in [-0.05, 0) is 23.8 Å². The van der Waals surface area contributed by atoms with Crippen LogP contribution in [0.4, 0.5) is 5.69 Å². The second-order valence-electron chi connectivity index (χ2n) is 3.97. The first-order valence-corrected chi connectivity index (χ1v) is 6.08. The maximum Gasteiger partial charge on any atom is 0.328 e. The number of carbonyl (C=O) groups is 1. The Morgan fingerprint density at radius 1 is 1.39 bits per heavy atom. The molecule has 0 unspecified atom stereocenters. The molecule has 1 aliphatic heterocycles. The van der Waals surface area contributed by atoms with Gasteiger partial charge in [-0.3, -0.25) is 0 Å². The van der Waals surface area contributed by atoms with Crippen molar-refractivity contribution < 1.29 is 14.6 Å². The number of hydrogen-bond acceptors (Lipinski definition) is 3. The third-order valence-corrected chi connectivity index (χ3v) is 2.98. The highest BCUT2D eigenvalue weighted by Gasteiger charge is 2.14. The zero-order valence-corrected chi connectivity index (χ0v) is 10.6. The molecule has 2 rings (SSSR count). The molecule has 1 heterocycles. The van der Waals surface area contributed by atoms with E-state index in [1.54, 1.807) is 12.1 Å². The first-order chi connectivity index (χ1) is 8.66. The van der Waals surface area contributed by atoms with E-state index >= 15 is 0 Å². The molecule has 1 aliphatic rings. The molecule has 0 spiro atoms. The molecule has 96 valence electrons. The van der Waals surface area contributed by atoms with Gasteiger partial charge in [0.15, 0.2) is 0 Å². The van der Waals surface area contributed by atoms with Crippen molar-refractivity contribution >= 4 is 29.3 Å². The van der Waals surface area contributed by atoms with E-state index in [0.29, 0.717) is 18.2 Å². The first-order valence-electron chi connectivity index (χ1n) is 5.70. The Labute approximate surface area is 110 Å². The highest BCUT2D eigenvalue weighted by molar-refractivity contribution is 6.31. The zero-order chi connectivity index (χ0) is 13.0. The van der Waals surface area contributed by atoms with E-state index in [1.807, 2.05) is 12.1 Å². The summed E-state index contributed by atoms with van der Waals surface area (Å²) in [5, 5.41) is 9.33. The maximum absolute atomic E-state index is 10.6. The summed E-state index contributed by atoms with van der Waals surface area (Å²) in [4.78, 5) is 12.7. The van der Waals surface area contributed by atoms with Gasteiger partial charge >= 0.3 is 5.97 Å². The van der Waals surface area contributed by atoms with Gasteiger partial charge in [0.05, 0.1) is 13.2 Å². The number of rotatable bonds is 3. The Balaban J connectivity index is 2.30. The SMILES string of the molecule is O=C(O)/C=C/c1ccc(Cl)cc1N1CCOCC1. The molecule has 0 amide bonds. The predicted octanol–water partition coefficient (Wildman–Crippen LogP) is 2.27. The van der Waals surface area contributed by atoms with E-state index < -0.39 is 5.97 Å². The number of morpholine rings is 1. The lowest BCUT2D eigenvalue weighted by Crippen LogP contribution is -2.36. The molecule has 1 aromatic carbocycles. The van der Waals surface area contributed by atoms with Crippen molar-refractivity contribution in [2.45, 2.75) is 0 Å². The summed E-state index contributed by atoms with van der Waals surface area (Å²) in [7, 11) is 0. The van der Waals surface area contributed by atoms with Crippen molar-refractivity contribution in [3.63, 3.8) is 0 Å². The molecule has 0 bridgehead atoms. The number of nitrogens with zero attached hydrogens (tertiary/aromatic N) is 1. The van der Waals surface area contributed by atoms with Crippen LogP contribution in [0.25, 0.3) is 6.08 Å². The molecular weight excluding hydrogens is 254 g/mol. The van der Waals surface area contributed by atoms with Crippen molar-refractivity contribution in [3.8, 4) is 0 Å². The summed E-state index contributed by atoms with van der Waals surface area (Å²) in [5.74, 6) is -0.960. The van der Waals surface area contributed by atoms with Crippen molar-refractivity contribution in [2.75, 3.05) is 31.2 Å². The minimum atomic E-state index is -0.960. The monoisotopic (exact) mass is 267 g/mol. The van der Waals surface area contributed by atoms with Crippen molar-refractivity contribution in [1.29, 1.82) is 0 Å². The van der Waals surface area contributed by atoms with Crippen molar-refractivity contribution in [1.82, 2.24) is 0 Å². The number of hydrogen-bond donors (Lipinski definition) is 1. The number of halogens is 1. The molecule has 4 nitrogen and oxygen atoms in total. The van der Waals surface area contributed by atoms with Crippen LogP contribution in [-0.4, -0.2) is 37.4 Å². The molecule has 1 aromatic rings. The van der Waals surface area contributed by atoms with Crippen molar-refractivity contribution in [2.24, 2.45) is 0 Å². The number of carboxylic acid groups (broad SMARTS) is 1. The van der Waals surface area contributed by atoms with E-state index in [-0.39, 0.29) is 0 Å². The number of aliphatic carboxylic acids is 1. The number of benzene rings is 1. The Bertz CT molecular complexity index is 467. The Morgan fingerprint density at radius 3 is 2.78 bits per heavy atom. The van der Waals surface area contributed by atoms with Crippen LogP contribution in [0, 0.1) is 0 Å². The summed E-state index contributed by atoms with van der Waals surface area (Å²) in [5.41, 5.74) is 1.80. The molecular formula is C13H14ClNO3. The second kappa shape index (κ2) is 5.89. The normalized spacial score (nSPS) is 16.2. The summed E-state index contributed by atoms with van der Waals surface area (Å²) >= 11 is 6.00. The Hall–Kier alpha value is -1.52. The van der Waals surface area contributed by atoms with Gasteiger partial charge in [-0.1, -0.05) is 17.7 Å². The van der Waals surface area contributed by atoms with Crippen LogP contribution in [0.5, 0.6) is 0 Å². The van der Waals surface area contributed by atoms with Crippen molar-refractivity contribution in [3.05, 3.63) is 34.9 Å². The molecule has 0 radical (unpaired) electrons. The van der Waals surface area contributed by atoms with Gasteiger partial charge in [0.2, 0.25) is 0 Å². The fourth-order valence-electron chi connectivity index (χ4n) is 1.90. The topological polar surface area (TPSA) is 49.8 Å². The van der Waals surface area contributed by atoms with Crippen LogP contribution < -0.4 is 4.90 Å². The van der Waals surface area contributed by atoms with Gasteiger partial charge < -0.3 is 14.7 Å². The molecule has 0 atom stereocenters. The molecule has 0 aliphatic carbocycles. The Morgan fingerprint density at radius 2 is 2.11 bits per heavy atom. The molecule has 1 N–H and O–H groups in total. The van der Waals surface area contributed by atoms with E-state index in [2.05, 4.69) is 4.90 Å². The maximum atomic E-state index is 10.6. The number of anilines is 1. The molecule has 18 heavy (non-hydrogen) atoms. The van der Waals surface area contributed by atoms with Crippen LogP contribution in [-0.2, 0) is 9.53 Å². The Kier molecular flexibility index (Phi) is 4.23. The average molecular weight is 268 g/mol. The van der Waals surface area contributed by atoms with E-state index in [9.17, 15) is 4.79 Å². The van der Waals surface area contributed by atoms with Crippen LogP contribution in [0.1, 0.15) is 5.56 Å². The largest absolute Gasteiger partial charge is 0.478 e. The molecule has 1 fully saturated rings. The van der Waals surface area contributed by atoms with Crippen LogP contribution in [0.3, 0.4) is 0 Å². The molecule has 0 saturated carbocycles. The molecule has 5 heteroatoms. The van der Waals surface area contributed by atoms with Gasteiger partial charge in [-0.15, -0.1) is 0 Å². The first kappa shape index (κ1) is 12.9. The lowest BCUT2D eigenvalue weighted by molar-refractivity contribution is -0.131. The van der Waals surface area contributed by atoms with E-state index in [0.717, 1.165) is 30.4 Å². The molecule has 0 aromatic heterocycles. The highest BCUT2D eigenvalue weighted by Crippen LogP contribution is 2.26. The zero-order valence-electron chi connectivity index (χ0n) is 9.80. The lowest BCUT2D eigenvalue weighted by atomic mass is 10.1. The second-order valence-corrected chi connectivity index (χ2v) is 4.41. The average Bonchev–Trinajstić information content (AvgIpc) is 2.38. The summed E-state index contributed by atoms with van der Waals surface area (Å²) in [6, 6.07) is 5.44. The summed E-state index contributed by atoms with van der Waals surface area (Å²) in [6.07, 6.45) is 2.72. The van der Waals surface area contributed by atoms with Gasteiger partial charge in [0.1, 0.15) is 0 Å². The van der Waals surface area contributed by atoms with Crippen LogP contribution in [0.2, 0.25) is 5.02 Å². The van der Waals surface area contributed by atoms with Crippen LogP contribution in [0.15, 0.2) is 24.3 Å². The van der Waals surface area contributed by atoms with Gasteiger partial charge in [-0.25, -0.2) is 4.79 Å². The fraction of sp³-hybridized carbons (Fsp3) is 0.308. The molecule has 1 saturated heterocycles. The number of ether oxygens (including phenoxy) is 1. The van der Waals surface area contributed by atoms with Gasteiger partial charge in [0.25, 0.3) is 0 Å². The van der Waals surface area contributed by atoms with Gasteiger partial charge in [-0.2, -0.15) is 0 Å². The quantitative estimate of drug-likeness (QED) is 0.854.